The van der Waals surface area contributed by atoms with Crippen LogP contribution in [0.2, 0.25) is 0 Å². The van der Waals surface area contributed by atoms with Gasteiger partial charge in [-0.25, -0.2) is 8.78 Å². The van der Waals surface area contributed by atoms with E-state index in [4.69, 9.17) is 6.42 Å². The molecule has 0 aliphatic rings. The lowest BCUT2D eigenvalue weighted by molar-refractivity contribution is 0.0625. The van der Waals surface area contributed by atoms with Crippen molar-refractivity contribution in [2.45, 2.75) is 18.9 Å². The number of halogens is 2. The van der Waals surface area contributed by atoms with E-state index in [1.807, 2.05) is 0 Å². The van der Waals surface area contributed by atoms with Crippen molar-refractivity contribution in [3.05, 3.63) is 35.4 Å². The standard InChI is InChI=1S/C11H10F2O/c1-3-6-11(2,14)8-4-5-9(12)10(13)7-8/h1,4-5,7,14H,6H2,2H3. The molecule has 0 saturated heterocycles. The van der Waals surface area contributed by atoms with E-state index in [0.29, 0.717) is 0 Å². The van der Waals surface area contributed by atoms with Crippen LogP contribution in [0.4, 0.5) is 8.78 Å². The van der Waals surface area contributed by atoms with E-state index < -0.39 is 17.2 Å². The molecule has 0 radical (unpaired) electrons. The van der Waals surface area contributed by atoms with Crippen LogP contribution in [0.15, 0.2) is 18.2 Å². The number of aliphatic hydroxyl groups is 1. The molecular formula is C11H10F2O. The number of hydrogen-bond acceptors (Lipinski definition) is 1. The summed E-state index contributed by atoms with van der Waals surface area (Å²) in [6.45, 7) is 1.46. The zero-order valence-corrected chi connectivity index (χ0v) is 7.72. The summed E-state index contributed by atoms with van der Waals surface area (Å²) in [6.07, 6.45) is 5.10. The SMILES string of the molecule is C#CCC(C)(O)c1ccc(F)c(F)c1. The summed E-state index contributed by atoms with van der Waals surface area (Å²) >= 11 is 0. The largest absolute Gasteiger partial charge is 0.384 e. The highest BCUT2D eigenvalue weighted by Gasteiger charge is 2.22. The minimum absolute atomic E-state index is 0.0536. The average molecular weight is 196 g/mol. The van der Waals surface area contributed by atoms with Gasteiger partial charge >= 0.3 is 0 Å². The van der Waals surface area contributed by atoms with Crippen LogP contribution in [0.3, 0.4) is 0 Å². The van der Waals surface area contributed by atoms with Gasteiger partial charge < -0.3 is 5.11 Å². The Labute approximate surface area is 81.4 Å². The first-order valence-electron chi connectivity index (χ1n) is 4.09. The van der Waals surface area contributed by atoms with Crippen molar-refractivity contribution in [1.29, 1.82) is 0 Å². The van der Waals surface area contributed by atoms with Crippen LogP contribution < -0.4 is 0 Å². The van der Waals surface area contributed by atoms with Gasteiger partial charge in [0.25, 0.3) is 0 Å². The van der Waals surface area contributed by atoms with Gasteiger partial charge in [-0.1, -0.05) is 6.07 Å². The Morgan fingerprint density at radius 3 is 2.57 bits per heavy atom. The summed E-state index contributed by atoms with van der Waals surface area (Å²) in [6, 6.07) is 3.23. The maximum absolute atomic E-state index is 12.8. The predicted octanol–water partition coefficient (Wildman–Crippen LogP) is 2.20. The normalized spacial score (nSPS) is 14.5. The Bertz CT molecular complexity index is 377. The summed E-state index contributed by atoms with van der Waals surface area (Å²) in [7, 11) is 0. The Morgan fingerprint density at radius 2 is 2.07 bits per heavy atom. The molecule has 0 spiro atoms. The molecule has 1 aromatic rings. The van der Waals surface area contributed by atoms with Crippen molar-refractivity contribution < 1.29 is 13.9 Å². The average Bonchev–Trinajstić information content (AvgIpc) is 2.09. The molecule has 1 N–H and O–H groups in total. The molecule has 1 aromatic carbocycles. The van der Waals surface area contributed by atoms with Crippen LogP contribution in [0, 0.1) is 24.0 Å². The molecule has 74 valence electrons. The second kappa shape index (κ2) is 3.77. The third-order valence-electron chi connectivity index (χ3n) is 1.99. The lowest BCUT2D eigenvalue weighted by atomic mass is 9.93. The maximum atomic E-state index is 12.8. The molecule has 0 aliphatic carbocycles. The molecule has 0 bridgehead atoms. The summed E-state index contributed by atoms with van der Waals surface area (Å²) < 4.78 is 25.4. The second-order valence-electron chi connectivity index (χ2n) is 3.28. The molecule has 0 amide bonds. The molecule has 0 saturated carbocycles. The van der Waals surface area contributed by atoms with Crippen LogP contribution in [0.25, 0.3) is 0 Å². The van der Waals surface area contributed by atoms with Crippen LogP contribution >= 0.6 is 0 Å². The van der Waals surface area contributed by atoms with E-state index >= 15 is 0 Å². The van der Waals surface area contributed by atoms with Gasteiger partial charge in [0, 0.05) is 6.42 Å². The Kier molecular flexibility index (Phi) is 2.87. The lowest BCUT2D eigenvalue weighted by Gasteiger charge is -2.21. The first-order chi connectivity index (χ1) is 6.47. The minimum atomic E-state index is -1.32. The van der Waals surface area contributed by atoms with Crippen LogP contribution in [-0.4, -0.2) is 5.11 Å². The first kappa shape index (κ1) is 10.7. The topological polar surface area (TPSA) is 20.2 Å². The molecule has 0 fully saturated rings. The van der Waals surface area contributed by atoms with Gasteiger partial charge in [0.2, 0.25) is 0 Å². The smallest absolute Gasteiger partial charge is 0.159 e. The van der Waals surface area contributed by atoms with E-state index in [1.54, 1.807) is 0 Å². The summed E-state index contributed by atoms with van der Waals surface area (Å²) in [5.41, 5.74) is -1.04. The molecule has 1 nitrogen and oxygen atoms in total. The number of terminal acetylenes is 1. The van der Waals surface area contributed by atoms with Gasteiger partial charge in [-0.05, 0) is 24.6 Å². The van der Waals surface area contributed by atoms with Gasteiger partial charge in [0.1, 0.15) is 0 Å². The summed E-state index contributed by atoms with van der Waals surface area (Å²) in [5, 5.41) is 9.77. The van der Waals surface area contributed by atoms with Gasteiger partial charge in [-0.3, -0.25) is 0 Å². The number of benzene rings is 1. The quantitative estimate of drug-likeness (QED) is 0.719. The Morgan fingerprint density at radius 1 is 1.43 bits per heavy atom. The highest BCUT2D eigenvalue weighted by molar-refractivity contribution is 5.24. The highest BCUT2D eigenvalue weighted by Crippen LogP contribution is 2.25. The van der Waals surface area contributed by atoms with Crippen molar-refractivity contribution in [3.63, 3.8) is 0 Å². The molecule has 0 aliphatic heterocycles. The van der Waals surface area contributed by atoms with Crippen molar-refractivity contribution in [1.82, 2.24) is 0 Å². The third kappa shape index (κ3) is 2.09. The van der Waals surface area contributed by atoms with Gasteiger partial charge in [0.15, 0.2) is 11.6 Å². The molecule has 1 atom stereocenters. The van der Waals surface area contributed by atoms with Crippen molar-refractivity contribution in [2.75, 3.05) is 0 Å². The maximum Gasteiger partial charge on any atom is 0.159 e. The van der Waals surface area contributed by atoms with Crippen LogP contribution in [0.1, 0.15) is 18.9 Å². The molecular weight excluding hydrogens is 186 g/mol. The Hall–Kier alpha value is -1.40. The summed E-state index contributed by atoms with van der Waals surface area (Å²) in [4.78, 5) is 0. The lowest BCUT2D eigenvalue weighted by Crippen LogP contribution is -2.20. The molecule has 1 rings (SSSR count). The minimum Gasteiger partial charge on any atom is -0.384 e. The van der Waals surface area contributed by atoms with Crippen molar-refractivity contribution in [2.24, 2.45) is 0 Å². The third-order valence-corrected chi connectivity index (χ3v) is 1.99. The highest BCUT2D eigenvalue weighted by atomic mass is 19.2. The Balaban J connectivity index is 3.09. The van der Waals surface area contributed by atoms with Gasteiger partial charge in [-0.15, -0.1) is 12.3 Å². The fourth-order valence-electron chi connectivity index (χ4n) is 1.13. The zero-order valence-electron chi connectivity index (χ0n) is 7.72. The molecule has 1 unspecified atom stereocenters. The van der Waals surface area contributed by atoms with E-state index in [2.05, 4.69) is 5.92 Å². The number of hydrogen-bond donors (Lipinski definition) is 1. The predicted molar refractivity (Wildman–Crippen MR) is 49.4 cm³/mol. The zero-order chi connectivity index (χ0) is 10.8. The van der Waals surface area contributed by atoms with Crippen molar-refractivity contribution >= 4 is 0 Å². The number of rotatable bonds is 2. The molecule has 14 heavy (non-hydrogen) atoms. The molecule has 3 heteroatoms. The van der Waals surface area contributed by atoms with Gasteiger partial charge in [-0.2, -0.15) is 0 Å². The summed E-state index contributed by atoms with van der Waals surface area (Å²) in [5.74, 6) is 0.348. The van der Waals surface area contributed by atoms with Gasteiger partial charge in [0.05, 0.1) is 5.60 Å². The van der Waals surface area contributed by atoms with E-state index in [9.17, 15) is 13.9 Å². The van der Waals surface area contributed by atoms with E-state index in [0.717, 1.165) is 12.1 Å². The molecule has 0 aromatic heterocycles. The fourth-order valence-corrected chi connectivity index (χ4v) is 1.13. The van der Waals surface area contributed by atoms with E-state index in [1.165, 1.54) is 13.0 Å². The fraction of sp³-hybridized carbons (Fsp3) is 0.273. The van der Waals surface area contributed by atoms with Crippen LogP contribution in [0.5, 0.6) is 0 Å². The second-order valence-corrected chi connectivity index (χ2v) is 3.28. The first-order valence-corrected chi connectivity index (χ1v) is 4.09. The van der Waals surface area contributed by atoms with Crippen LogP contribution in [-0.2, 0) is 5.60 Å². The monoisotopic (exact) mass is 196 g/mol. The molecule has 0 heterocycles. The van der Waals surface area contributed by atoms with Crippen molar-refractivity contribution in [3.8, 4) is 12.3 Å². The van der Waals surface area contributed by atoms with E-state index in [-0.39, 0.29) is 12.0 Å².